The molecule has 0 aromatic heterocycles. The molecule has 1 aliphatic rings. The predicted molar refractivity (Wildman–Crippen MR) is 73.2 cm³/mol. The van der Waals surface area contributed by atoms with E-state index in [9.17, 15) is 4.79 Å². The molecule has 1 aromatic carbocycles. The van der Waals surface area contributed by atoms with Gasteiger partial charge in [0.1, 0.15) is 0 Å². The number of rotatable bonds is 4. The smallest absolute Gasteiger partial charge is 0.303 e. The fraction of sp³-hybridized carbons (Fsp3) is 0.533. The molecule has 1 aliphatic heterocycles. The molecule has 1 N–H and O–H groups in total. The monoisotopic (exact) mass is 247 g/mol. The Morgan fingerprint density at radius 2 is 2.22 bits per heavy atom. The summed E-state index contributed by atoms with van der Waals surface area (Å²) in [6.07, 6.45) is 3.30. The largest absolute Gasteiger partial charge is 0.481 e. The molecule has 0 saturated carbocycles. The van der Waals surface area contributed by atoms with E-state index in [1.807, 2.05) is 0 Å². The SMILES string of the molecule is Cc1ccc(C)c(N2CCCC2CCC(=O)O)c1. The van der Waals surface area contributed by atoms with Crippen molar-refractivity contribution in [3.05, 3.63) is 29.3 Å². The van der Waals surface area contributed by atoms with Gasteiger partial charge in [0.05, 0.1) is 0 Å². The number of hydrogen-bond acceptors (Lipinski definition) is 2. The van der Waals surface area contributed by atoms with E-state index in [1.165, 1.54) is 16.8 Å². The van der Waals surface area contributed by atoms with Gasteiger partial charge in [-0.2, -0.15) is 0 Å². The lowest BCUT2D eigenvalue weighted by molar-refractivity contribution is -0.137. The number of aliphatic carboxylic acids is 1. The van der Waals surface area contributed by atoms with Crippen LogP contribution in [0.1, 0.15) is 36.8 Å². The lowest BCUT2D eigenvalue weighted by Crippen LogP contribution is -2.30. The molecule has 1 aromatic rings. The Balaban J connectivity index is 2.15. The third-order valence-corrected chi connectivity index (χ3v) is 3.74. The molecule has 0 spiro atoms. The molecular weight excluding hydrogens is 226 g/mol. The maximum Gasteiger partial charge on any atom is 0.303 e. The molecule has 0 amide bonds. The number of aryl methyl sites for hydroxylation is 2. The minimum Gasteiger partial charge on any atom is -0.481 e. The van der Waals surface area contributed by atoms with Gasteiger partial charge in [-0.15, -0.1) is 0 Å². The third kappa shape index (κ3) is 2.84. The summed E-state index contributed by atoms with van der Waals surface area (Å²) in [5.74, 6) is -0.692. The quantitative estimate of drug-likeness (QED) is 0.888. The van der Waals surface area contributed by atoms with Gasteiger partial charge < -0.3 is 10.0 Å². The van der Waals surface area contributed by atoms with Gasteiger partial charge in [-0.3, -0.25) is 4.79 Å². The second kappa shape index (κ2) is 5.42. The van der Waals surface area contributed by atoms with Crippen molar-refractivity contribution in [2.75, 3.05) is 11.4 Å². The Labute approximate surface area is 108 Å². The van der Waals surface area contributed by atoms with Crippen LogP contribution in [-0.4, -0.2) is 23.7 Å². The van der Waals surface area contributed by atoms with E-state index in [2.05, 4.69) is 36.9 Å². The number of hydrogen-bond donors (Lipinski definition) is 1. The molecule has 1 fully saturated rings. The van der Waals surface area contributed by atoms with E-state index < -0.39 is 5.97 Å². The van der Waals surface area contributed by atoms with Crippen LogP contribution in [0.2, 0.25) is 0 Å². The number of anilines is 1. The fourth-order valence-corrected chi connectivity index (χ4v) is 2.77. The zero-order chi connectivity index (χ0) is 13.1. The van der Waals surface area contributed by atoms with Crippen molar-refractivity contribution in [3.8, 4) is 0 Å². The summed E-state index contributed by atoms with van der Waals surface area (Å²) in [5, 5.41) is 8.81. The molecule has 1 saturated heterocycles. The highest BCUT2D eigenvalue weighted by Gasteiger charge is 2.26. The van der Waals surface area contributed by atoms with Crippen molar-refractivity contribution < 1.29 is 9.90 Å². The molecular formula is C15H21NO2. The van der Waals surface area contributed by atoms with Gasteiger partial charge in [0.2, 0.25) is 0 Å². The molecule has 2 rings (SSSR count). The summed E-state index contributed by atoms with van der Waals surface area (Å²) in [6, 6.07) is 6.88. The Hall–Kier alpha value is -1.51. The zero-order valence-corrected chi connectivity index (χ0v) is 11.1. The molecule has 1 unspecified atom stereocenters. The minimum atomic E-state index is -0.692. The van der Waals surface area contributed by atoms with Crippen LogP contribution in [0.15, 0.2) is 18.2 Å². The van der Waals surface area contributed by atoms with Crippen molar-refractivity contribution >= 4 is 11.7 Å². The first kappa shape index (κ1) is 12.9. The molecule has 18 heavy (non-hydrogen) atoms. The van der Waals surface area contributed by atoms with E-state index in [-0.39, 0.29) is 6.42 Å². The van der Waals surface area contributed by atoms with E-state index in [0.717, 1.165) is 25.8 Å². The first-order valence-electron chi connectivity index (χ1n) is 6.63. The molecule has 1 heterocycles. The number of carboxylic acids is 1. The zero-order valence-electron chi connectivity index (χ0n) is 11.1. The number of nitrogens with zero attached hydrogens (tertiary/aromatic N) is 1. The highest BCUT2D eigenvalue weighted by Crippen LogP contribution is 2.31. The van der Waals surface area contributed by atoms with Gasteiger partial charge in [0, 0.05) is 24.7 Å². The summed E-state index contributed by atoms with van der Waals surface area (Å²) < 4.78 is 0. The summed E-state index contributed by atoms with van der Waals surface area (Å²) in [7, 11) is 0. The van der Waals surface area contributed by atoms with Crippen molar-refractivity contribution in [1.82, 2.24) is 0 Å². The van der Waals surface area contributed by atoms with E-state index in [1.54, 1.807) is 0 Å². The highest BCUT2D eigenvalue weighted by atomic mass is 16.4. The van der Waals surface area contributed by atoms with Gasteiger partial charge in [-0.05, 0) is 50.3 Å². The van der Waals surface area contributed by atoms with Crippen LogP contribution in [-0.2, 0) is 4.79 Å². The van der Waals surface area contributed by atoms with Crippen molar-refractivity contribution in [1.29, 1.82) is 0 Å². The highest BCUT2D eigenvalue weighted by molar-refractivity contribution is 5.67. The van der Waals surface area contributed by atoms with Gasteiger partial charge >= 0.3 is 5.97 Å². The standard InChI is InChI=1S/C15H21NO2/c1-11-5-6-12(2)14(10-11)16-9-3-4-13(16)7-8-15(17)18/h5-6,10,13H,3-4,7-9H2,1-2H3,(H,17,18). The lowest BCUT2D eigenvalue weighted by Gasteiger charge is -2.28. The molecule has 0 bridgehead atoms. The summed E-state index contributed by atoms with van der Waals surface area (Å²) >= 11 is 0. The van der Waals surface area contributed by atoms with Gasteiger partial charge in [-0.1, -0.05) is 12.1 Å². The van der Waals surface area contributed by atoms with E-state index in [0.29, 0.717) is 6.04 Å². The maximum absolute atomic E-state index is 10.7. The van der Waals surface area contributed by atoms with Crippen molar-refractivity contribution in [2.24, 2.45) is 0 Å². The molecule has 0 aliphatic carbocycles. The van der Waals surface area contributed by atoms with Crippen LogP contribution >= 0.6 is 0 Å². The summed E-state index contributed by atoms with van der Waals surface area (Å²) in [4.78, 5) is 13.1. The second-order valence-electron chi connectivity index (χ2n) is 5.21. The summed E-state index contributed by atoms with van der Waals surface area (Å²) in [6.45, 7) is 5.28. The van der Waals surface area contributed by atoms with Crippen LogP contribution in [0.5, 0.6) is 0 Å². The number of carbonyl (C=O) groups is 1. The molecule has 3 nitrogen and oxygen atoms in total. The molecule has 3 heteroatoms. The predicted octanol–water partition coefficient (Wildman–Crippen LogP) is 3.14. The van der Waals surface area contributed by atoms with Gasteiger partial charge in [-0.25, -0.2) is 0 Å². The second-order valence-corrected chi connectivity index (χ2v) is 5.21. The topological polar surface area (TPSA) is 40.5 Å². The van der Waals surface area contributed by atoms with E-state index in [4.69, 9.17) is 5.11 Å². The third-order valence-electron chi connectivity index (χ3n) is 3.74. The fourth-order valence-electron chi connectivity index (χ4n) is 2.77. The van der Waals surface area contributed by atoms with Crippen molar-refractivity contribution in [3.63, 3.8) is 0 Å². The van der Waals surface area contributed by atoms with Crippen LogP contribution in [0.25, 0.3) is 0 Å². The Morgan fingerprint density at radius 3 is 2.94 bits per heavy atom. The Morgan fingerprint density at radius 1 is 1.44 bits per heavy atom. The Bertz CT molecular complexity index is 442. The number of carboxylic acid groups (broad SMARTS) is 1. The van der Waals surface area contributed by atoms with Crippen LogP contribution in [0.3, 0.4) is 0 Å². The lowest BCUT2D eigenvalue weighted by atomic mass is 10.1. The minimum absolute atomic E-state index is 0.270. The van der Waals surface area contributed by atoms with Crippen LogP contribution in [0, 0.1) is 13.8 Å². The molecule has 0 radical (unpaired) electrons. The average Bonchev–Trinajstić information content (AvgIpc) is 2.77. The maximum atomic E-state index is 10.7. The summed E-state index contributed by atoms with van der Waals surface area (Å²) in [5.41, 5.74) is 3.82. The Kier molecular flexibility index (Phi) is 3.90. The average molecular weight is 247 g/mol. The van der Waals surface area contributed by atoms with Gasteiger partial charge in [0.15, 0.2) is 0 Å². The van der Waals surface area contributed by atoms with Crippen LogP contribution < -0.4 is 4.90 Å². The normalized spacial score (nSPS) is 19.2. The van der Waals surface area contributed by atoms with Crippen LogP contribution in [0.4, 0.5) is 5.69 Å². The van der Waals surface area contributed by atoms with Gasteiger partial charge in [0.25, 0.3) is 0 Å². The molecule has 1 atom stereocenters. The first-order chi connectivity index (χ1) is 8.58. The number of benzene rings is 1. The first-order valence-corrected chi connectivity index (χ1v) is 6.63. The van der Waals surface area contributed by atoms with E-state index >= 15 is 0 Å². The van der Waals surface area contributed by atoms with Crippen molar-refractivity contribution in [2.45, 2.75) is 45.6 Å². The molecule has 98 valence electrons.